The van der Waals surface area contributed by atoms with Gasteiger partial charge in [-0.15, -0.1) is 0 Å². The summed E-state index contributed by atoms with van der Waals surface area (Å²) in [5.74, 6) is -4.65. The molecule has 5 nitrogen and oxygen atoms in total. The van der Waals surface area contributed by atoms with Crippen LogP contribution in [-0.4, -0.2) is 21.2 Å². The van der Waals surface area contributed by atoms with Crippen molar-refractivity contribution in [1.82, 2.24) is 10.1 Å². The number of benzene rings is 1. The number of carboxylic acids is 1. The Kier molecular flexibility index (Phi) is 2.97. The first kappa shape index (κ1) is 13.0. The van der Waals surface area contributed by atoms with Crippen molar-refractivity contribution in [2.24, 2.45) is 0 Å². The summed E-state index contributed by atoms with van der Waals surface area (Å²) in [6.07, 6.45) is -4.80. The second kappa shape index (κ2) is 4.34. The molecule has 0 aliphatic heterocycles. The van der Waals surface area contributed by atoms with Crippen LogP contribution >= 0.6 is 0 Å². The maximum atomic E-state index is 13.3. The van der Waals surface area contributed by atoms with Gasteiger partial charge in [-0.3, -0.25) is 0 Å². The largest absolute Gasteiger partial charge is 0.478 e. The van der Waals surface area contributed by atoms with Crippen molar-refractivity contribution in [1.29, 1.82) is 0 Å². The molecule has 0 aliphatic rings. The summed E-state index contributed by atoms with van der Waals surface area (Å²) < 4.78 is 54.0. The smallest absolute Gasteiger partial charge is 0.471 e. The quantitative estimate of drug-likeness (QED) is 0.853. The van der Waals surface area contributed by atoms with Crippen LogP contribution in [0.2, 0.25) is 0 Å². The topological polar surface area (TPSA) is 76.2 Å². The SMILES string of the molecule is O=C(O)c1ccc(-c2noc(C(F)(F)F)n2)cc1F. The number of nitrogens with zero attached hydrogens (tertiary/aromatic N) is 2. The summed E-state index contributed by atoms with van der Waals surface area (Å²) in [7, 11) is 0. The van der Waals surface area contributed by atoms with Gasteiger partial charge in [-0.05, 0) is 18.2 Å². The van der Waals surface area contributed by atoms with E-state index in [9.17, 15) is 22.4 Å². The van der Waals surface area contributed by atoms with Gasteiger partial charge in [-0.2, -0.15) is 18.2 Å². The zero-order chi connectivity index (χ0) is 14.2. The van der Waals surface area contributed by atoms with Crippen molar-refractivity contribution in [3.63, 3.8) is 0 Å². The van der Waals surface area contributed by atoms with Gasteiger partial charge in [-0.25, -0.2) is 9.18 Å². The maximum absolute atomic E-state index is 13.3. The van der Waals surface area contributed by atoms with E-state index in [4.69, 9.17) is 5.11 Å². The average Bonchev–Trinajstić information content (AvgIpc) is 2.76. The minimum atomic E-state index is -4.80. The van der Waals surface area contributed by atoms with Crippen LogP contribution in [0.15, 0.2) is 22.7 Å². The molecule has 19 heavy (non-hydrogen) atoms. The summed E-state index contributed by atoms with van der Waals surface area (Å²) in [4.78, 5) is 13.6. The summed E-state index contributed by atoms with van der Waals surface area (Å²) in [5, 5.41) is 11.6. The van der Waals surface area contributed by atoms with Crippen molar-refractivity contribution in [3.8, 4) is 11.4 Å². The molecular formula is C10H4F4N2O3. The van der Waals surface area contributed by atoms with Crippen molar-refractivity contribution in [2.45, 2.75) is 6.18 Å². The monoisotopic (exact) mass is 276 g/mol. The zero-order valence-electron chi connectivity index (χ0n) is 8.90. The predicted molar refractivity (Wildman–Crippen MR) is 51.7 cm³/mol. The Hall–Kier alpha value is -2.45. The van der Waals surface area contributed by atoms with Crippen LogP contribution in [0.25, 0.3) is 11.4 Å². The molecule has 9 heteroatoms. The van der Waals surface area contributed by atoms with E-state index in [-0.39, 0.29) is 5.56 Å². The molecular weight excluding hydrogens is 272 g/mol. The molecule has 0 spiro atoms. The van der Waals surface area contributed by atoms with Crippen LogP contribution < -0.4 is 0 Å². The molecule has 0 bridgehead atoms. The molecule has 0 fully saturated rings. The minimum Gasteiger partial charge on any atom is -0.478 e. The molecule has 0 radical (unpaired) electrons. The second-order valence-corrected chi connectivity index (χ2v) is 3.42. The predicted octanol–water partition coefficient (Wildman–Crippen LogP) is 2.59. The van der Waals surface area contributed by atoms with Gasteiger partial charge in [-0.1, -0.05) is 5.16 Å². The standard InChI is InChI=1S/C10H4F4N2O3/c11-6-3-4(1-2-5(6)8(17)18)7-15-9(19-16-7)10(12,13)14/h1-3H,(H,17,18). The van der Waals surface area contributed by atoms with E-state index in [1.807, 2.05) is 0 Å². The average molecular weight is 276 g/mol. The lowest BCUT2D eigenvalue weighted by molar-refractivity contribution is -0.159. The van der Waals surface area contributed by atoms with Crippen LogP contribution in [0, 0.1) is 5.82 Å². The number of hydrogen-bond acceptors (Lipinski definition) is 4. The van der Waals surface area contributed by atoms with Gasteiger partial charge in [0.15, 0.2) is 0 Å². The molecule has 2 rings (SSSR count). The number of halogens is 4. The zero-order valence-corrected chi connectivity index (χ0v) is 8.90. The van der Waals surface area contributed by atoms with Crippen LogP contribution in [0.5, 0.6) is 0 Å². The van der Waals surface area contributed by atoms with Crippen LogP contribution in [-0.2, 0) is 6.18 Å². The molecule has 0 amide bonds. The highest BCUT2D eigenvalue weighted by atomic mass is 19.4. The van der Waals surface area contributed by atoms with Crippen molar-refractivity contribution < 1.29 is 32.0 Å². The normalized spacial score (nSPS) is 11.6. The van der Waals surface area contributed by atoms with Crippen molar-refractivity contribution in [3.05, 3.63) is 35.5 Å². The van der Waals surface area contributed by atoms with E-state index in [1.54, 1.807) is 0 Å². The molecule has 1 aromatic carbocycles. The molecule has 0 unspecified atom stereocenters. The van der Waals surface area contributed by atoms with Crippen molar-refractivity contribution >= 4 is 5.97 Å². The molecule has 100 valence electrons. The molecule has 0 saturated heterocycles. The fourth-order valence-electron chi connectivity index (χ4n) is 1.28. The Morgan fingerprint density at radius 1 is 1.32 bits per heavy atom. The third-order valence-electron chi connectivity index (χ3n) is 2.13. The van der Waals surface area contributed by atoms with Gasteiger partial charge in [0.25, 0.3) is 0 Å². The van der Waals surface area contributed by atoms with Gasteiger partial charge >= 0.3 is 18.0 Å². The van der Waals surface area contributed by atoms with E-state index in [0.717, 1.165) is 12.1 Å². The Morgan fingerprint density at radius 2 is 2.00 bits per heavy atom. The van der Waals surface area contributed by atoms with E-state index < -0.39 is 35.2 Å². The third kappa shape index (κ3) is 2.54. The Bertz CT molecular complexity index is 636. The molecule has 0 aliphatic carbocycles. The highest BCUT2D eigenvalue weighted by Crippen LogP contribution is 2.29. The highest BCUT2D eigenvalue weighted by molar-refractivity contribution is 5.88. The number of hydrogen-bond donors (Lipinski definition) is 1. The van der Waals surface area contributed by atoms with Gasteiger partial charge in [0.05, 0.1) is 5.56 Å². The maximum Gasteiger partial charge on any atom is 0.471 e. The molecule has 1 heterocycles. The lowest BCUT2D eigenvalue weighted by atomic mass is 10.1. The van der Waals surface area contributed by atoms with E-state index in [0.29, 0.717) is 6.07 Å². The fourth-order valence-corrected chi connectivity index (χ4v) is 1.28. The minimum absolute atomic E-state index is 0.123. The van der Waals surface area contributed by atoms with Crippen LogP contribution in [0.4, 0.5) is 17.6 Å². The number of aromatic carboxylic acids is 1. The first-order chi connectivity index (χ1) is 8.79. The summed E-state index contributed by atoms with van der Waals surface area (Å²) in [5.41, 5.74) is -0.731. The Labute approximate surface area is 102 Å². The van der Waals surface area contributed by atoms with Crippen LogP contribution in [0.1, 0.15) is 16.2 Å². The second-order valence-electron chi connectivity index (χ2n) is 3.42. The first-order valence-corrected chi connectivity index (χ1v) is 4.73. The Balaban J connectivity index is 2.40. The third-order valence-corrected chi connectivity index (χ3v) is 2.13. The summed E-state index contributed by atoms with van der Waals surface area (Å²) in [6, 6.07) is 2.70. The fraction of sp³-hybridized carbons (Fsp3) is 0.100. The molecule has 2 aromatic rings. The lowest BCUT2D eigenvalue weighted by Gasteiger charge is -1.99. The van der Waals surface area contributed by atoms with E-state index in [1.165, 1.54) is 0 Å². The number of carbonyl (C=O) groups is 1. The number of alkyl halides is 3. The van der Waals surface area contributed by atoms with Gasteiger partial charge in [0.1, 0.15) is 5.82 Å². The summed E-state index contributed by atoms with van der Waals surface area (Å²) in [6.45, 7) is 0. The Morgan fingerprint density at radius 3 is 2.47 bits per heavy atom. The number of aromatic nitrogens is 2. The first-order valence-electron chi connectivity index (χ1n) is 4.73. The van der Waals surface area contributed by atoms with E-state index >= 15 is 0 Å². The molecule has 0 saturated carbocycles. The number of rotatable bonds is 2. The van der Waals surface area contributed by atoms with Crippen molar-refractivity contribution in [2.75, 3.05) is 0 Å². The summed E-state index contributed by atoms with van der Waals surface area (Å²) >= 11 is 0. The molecule has 1 N–H and O–H groups in total. The van der Waals surface area contributed by atoms with Gasteiger partial charge in [0.2, 0.25) is 5.82 Å². The van der Waals surface area contributed by atoms with E-state index in [2.05, 4.69) is 14.7 Å². The number of carboxylic acid groups (broad SMARTS) is 1. The molecule has 1 aromatic heterocycles. The van der Waals surface area contributed by atoms with Gasteiger partial charge < -0.3 is 9.63 Å². The highest BCUT2D eigenvalue weighted by Gasteiger charge is 2.38. The molecule has 0 atom stereocenters. The van der Waals surface area contributed by atoms with Crippen LogP contribution in [0.3, 0.4) is 0 Å². The lowest BCUT2D eigenvalue weighted by Crippen LogP contribution is -2.05. The van der Waals surface area contributed by atoms with Gasteiger partial charge in [0, 0.05) is 5.56 Å².